The SMILES string of the molecule is Cc1cnc(CNC2CC(C)C2)c(C)c1[N+](=O)[O-]. The highest BCUT2D eigenvalue weighted by molar-refractivity contribution is 5.47. The molecule has 0 aromatic carbocycles. The van der Waals surface area contributed by atoms with Crippen LogP contribution in [-0.4, -0.2) is 15.9 Å². The van der Waals surface area contributed by atoms with Crippen LogP contribution in [0.4, 0.5) is 5.69 Å². The van der Waals surface area contributed by atoms with Gasteiger partial charge in [-0.3, -0.25) is 15.1 Å². The predicted octanol–water partition coefficient (Wildman–Crippen LogP) is 2.49. The lowest BCUT2D eigenvalue weighted by molar-refractivity contribution is -0.386. The highest BCUT2D eigenvalue weighted by Gasteiger charge is 2.25. The summed E-state index contributed by atoms with van der Waals surface area (Å²) < 4.78 is 0. The molecule has 0 radical (unpaired) electrons. The summed E-state index contributed by atoms with van der Waals surface area (Å²) >= 11 is 0. The minimum atomic E-state index is -0.318. The maximum Gasteiger partial charge on any atom is 0.278 e. The first-order valence-electron chi connectivity index (χ1n) is 6.32. The van der Waals surface area contributed by atoms with Gasteiger partial charge in [-0.05, 0) is 32.6 Å². The molecule has 0 unspecified atom stereocenters. The number of aromatic nitrogens is 1. The highest BCUT2D eigenvalue weighted by Crippen LogP contribution is 2.27. The van der Waals surface area contributed by atoms with Gasteiger partial charge in [-0.2, -0.15) is 0 Å². The molecule has 1 heterocycles. The molecule has 1 aliphatic carbocycles. The first-order chi connectivity index (χ1) is 8.49. The number of hydrogen-bond acceptors (Lipinski definition) is 4. The van der Waals surface area contributed by atoms with Gasteiger partial charge in [-0.15, -0.1) is 0 Å². The number of hydrogen-bond donors (Lipinski definition) is 1. The van der Waals surface area contributed by atoms with E-state index in [1.807, 2.05) is 0 Å². The summed E-state index contributed by atoms with van der Waals surface area (Å²) in [5.41, 5.74) is 2.29. The molecule has 5 heteroatoms. The Morgan fingerprint density at radius 3 is 2.72 bits per heavy atom. The molecule has 0 amide bonds. The average Bonchev–Trinajstić information content (AvgIpc) is 2.24. The van der Waals surface area contributed by atoms with E-state index in [0.717, 1.165) is 11.6 Å². The van der Waals surface area contributed by atoms with Crippen LogP contribution in [-0.2, 0) is 6.54 Å². The van der Waals surface area contributed by atoms with Crippen LogP contribution in [0.25, 0.3) is 0 Å². The third-order valence-corrected chi connectivity index (χ3v) is 3.69. The number of pyridine rings is 1. The van der Waals surface area contributed by atoms with Crippen LogP contribution in [0.5, 0.6) is 0 Å². The van der Waals surface area contributed by atoms with Crippen molar-refractivity contribution >= 4 is 5.69 Å². The van der Waals surface area contributed by atoms with E-state index in [0.29, 0.717) is 23.7 Å². The van der Waals surface area contributed by atoms with Gasteiger partial charge < -0.3 is 5.32 Å². The van der Waals surface area contributed by atoms with Gasteiger partial charge in [0, 0.05) is 29.9 Å². The van der Waals surface area contributed by atoms with E-state index >= 15 is 0 Å². The molecule has 1 saturated carbocycles. The Hall–Kier alpha value is -1.49. The van der Waals surface area contributed by atoms with E-state index in [9.17, 15) is 10.1 Å². The first-order valence-corrected chi connectivity index (χ1v) is 6.32. The molecule has 1 aromatic rings. The molecular formula is C13H19N3O2. The Balaban J connectivity index is 2.09. The molecule has 0 atom stereocenters. The zero-order valence-electron chi connectivity index (χ0n) is 11.1. The maximum atomic E-state index is 11.0. The van der Waals surface area contributed by atoms with E-state index in [2.05, 4.69) is 17.2 Å². The van der Waals surface area contributed by atoms with Crippen molar-refractivity contribution in [1.82, 2.24) is 10.3 Å². The fraction of sp³-hybridized carbons (Fsp3) is 0.615. The Morgan fingerprint density at radius 1 is 1.50 bits per heavy atom. The van der Waals surface area contributed by atoms with E-state index < -0.39 is 0 Å². The smallest absolute Gasteiger partial charge is 0.278 e. The number of aryl methyl sites for hydroxylation is 1. The second-order valence-corrected chi connectivity index (χ2v) is 5.27. The van der Waals surface area contributed by atoms with E-state index in [1.165, 1.54) is 12.8 Å². The Kier molecular flexibility index (Phi) is 3.61. The summed E-state index contributed by atoms with van der Waals surface area (Å²) in [5, 5.41) is 14.4. The van der Waals surface area contributed by atoms with Crippen LogP contribution in [0.15, 0.2) is 6.20 Å². The van der Waals surface area contributed by atoms with Crippen LogP contribution >= 0.6 is 0 Å². The zero-order chi connectivity index (χ0) is 13.3. The average molecular weight is 249 g/mol. The molecule has 1 N–H and O–H groups in total. The van der Waals surface area contributed by atoms with Crippen molar-refractivity contribution in [3.8, 4) is 0 Å². The third-order valence-electron chi connectivity index (χ3n) is 3.69. The molecule has 0 aliphatic heterocycles. The quantitative estimate of drug-likeness (QED) is 0.657. The van der Waals surface area contributed by atoms with Crippen molar-refractivity contribution in [2.24, 2.45) is 5.92 Å². The van der Waals surface area contributed by atoms with Gasteiger partial charge in [-0.1, -0.05) is 6.92 Å². The topological polar surface area (TPSA) is 68.1 Å². The molecule has 2 rings (SSSR count). The lowest BCUT2D eigenvalue weighted by Crippen LogP contribution is -2.39. The Morgan fingerprint density at radius 2 is 2.17 bits per heavy atom. The standard InChI is InChI=1S/C13H19N3O2/c1-8-4-11(5-8)14-7-12-10(3)13(16(17)18)9(2)6-15-12/h6,8,11,14H,4-5,7H2,1-3H3. The first kappa shape index (κ1) is 13.0. The number of nitrogens with one attached hydrogen (secondary N) is 1. The molecule has 0 saturated heterocycles. The molecule has 0 spiro atoms. The lowest BCUT2D eigenvalue weighted by atomic mass is 9.82. The van der Waals surface area contributed by atoms with Crippen molar-refractivity contribution in [1.29, 1.82) is 0 Å². The summed E-state index contributed by atoms with van der Waals surface area (Å²) in [6, 6.07) is 0.543. The van der Waals surface area contributed by atoms with Crippen molar-refractivity contribution in [3.05, 3.63) is 33.1 Å². The van der Waals surface area contributed by atoms with E-state index in [-0.39, 0.29) is 10.6 Å². The highest BCUT2D eigenvalue weighted by atomic mass is 16.6. The molecular weight excluding hydrogens is 230 g/mol. The van der Waals surface area contributed by atoms with Gasteiger partial charge >= 0.3 is 0 Å². The number of nitro groups is 1. The van der Waals surface area contributed by atoms with Crippen LogP contribution in [0.2, 0.25) is 0 Å². The van der Waals surface area contributed by atoms with Gasteiger partial charge in [0.05, 0.1) is 10.6 Å². The maximum absolute atomic E-state index is 11.0. The minimum Gasteiger partial charge on any atom is -0.308 e. The predicted molar refractivity (Wildman–Crippen MR) is 69.4 cm³/mol. The number of nitrogens with zero attached hydrogens (tertiary/aromatic N) is 2. The van der Waals surface area contributed by atoms with Crippen molar-refractivity contribution in [2.75, 3.05) is 0 Å². The summed E-state index contributed by atoms with van der Waals surface area (Å²) in [5.74, 6) is 0.795. The second-order valence-electron chi connectivity index (χ2n) is 5.27. The van der Waals surface area contributed by atoms with Gasteiger partial charge in [0.1, 0.15) is 0 Å². The van der Waals surface area contributed by atoms with Gasteiger partial charge in [0.2, 0.25) is 0 Å². The van der Waals surface area contributed by atoms with Gasteiger partial charge in [0.25, 0.3) is 5.69 Å². The van der Waals surface area contributed by atoms with Gasteiger partial charge in [-0.25, -0.2) is 0 Å². The van der Waals surface area contributed by atoms with E-state index in [4.69, 9.17) is 0 Å². The van der Waals surface area contributed by atoms with Crippen molar-refractivity contribution < 1.29 is 4.92 Å². The molecule has 1 aliphatic rings. The van der Waals surface area contributed by atoms with Crippen LogP contribution in [0, 0.1) is 29.9 Å². The Labute approximate surface area is 107 Å². The molecule has 0 bridgehead atoms. The molecule has 1 fully saturated rings. The van der Waals surface area contributed by atoms with E-state index in [1.54, 1.807) is 20.0 Å². The van der Waals surface area contributed by atoms with Crippen LogP contribution < -0.4 is 5.32 Å². The zero-order valence-corrected chi connectivity index (χ0v) is 11.1. The minimum absolute atomic E-state index is 0.198. The largest absolute Gasteiger partial charge is 0.308 e. The fourth-order valence-electron chi connectivity index (χ4n) is 2.53. The third kappa shape index (κ3) is 2.51. The normalized spacial score (nSPS) is 22.6. The summed E-state index contributed by atoms with van der Waals surface area (Å²) in [6.45, 7) is 6.35. The van der Waals surface area contributed by atoms with Crippen molar-refractivity contribution in [3.63, 3.8) is 0 Å². The number of rotatable bonds is 4. The van der Waals surface area contributed by atoms with Crippen LogP contribution in [0.3, 0.4) is 0 Å². The van der Waals surface area contributed by atoms with Crippen LogP contribution in [0.1, 0.15) is 36.6 Å². The molecule has 1 aromatic heterocycles. The Bertz CT molecular complexity index is 468. The summed E-state index contributed by atoms with van der Waals surface area (Å²) in [4.78, 5) is 15.0. The van der Waals surface area contributed by atoms with Gasteiger partial charge in [0.15, 0.2) is 0 Å². The summed E-state index contributed by atoms with van der Waals surface area (Å²) in [7, 11) is 0. The lowest BCUT2D eigenvalue weighted by Gasteiger charge is -2.33. The molecule has 5 nitrogen and oxygen atoms in total. The summed E-state index contributed by atoms with van der Waals surface area (Å²) in [6.07, 6.45) is 3.96. The van der Waals surface area contributed by atoms with Crippen molar-refractivity contribution in [2.45, 2.75) is 46.2 Å². The molecule has 18 heavy (non-hydrogen) atoms. The second kappa shape index (κ2) is 5.02. The molecule has 98 valence electrons. The monoisotopic (exact) mass is 249 g/mol. The fourth-order valence-corrected chi connectivity index (χ4v) is 2.53.